The fraction of sp³-hybridized carbons (Fsp3) is 0. The lowest BCUT2D eigenvalue weighted by Gasteiger charge is -2.07. The van der Waals surface area contributed by atoms with Gasteiger partial charge in [-0.15, -0.1) is 0 Å². The molecule has 0 aliphatic carbocycles. The minimum Gasteiger partial charge on any atom is -0.264 e. The molecule has 0 atom stereocenters. The summed E-state index contributed by atoms with van der Waals surface area (Å²) in [5.74, 6) is -0.493. The first-order chi connectivity index (χ1) is 12.1. The van der Waals surface area contributed by atoms with Crippen molar-refractivity contribution in [1.29, 1.82) is 0 Å². The van der Waals surface area contributed by atoms with Crippen LogP contribution in [-0.2, 0) is 10.0 Å². The number of nitrogens with zero attached hydrogens (tertiary/aromatic N) is 2. The third kappa shape index (κ3) is 2.60. The van der Waals surface area contributed by atoms with Crippen LogP contribution in [0.2, 0.25) is 0 Å². The summed E-state index contributed by atoms with van der Waals surface area (Å²) in [6, 6.07) is 15.8. The van der Waals surface area contributed by atoms with E-state index in [2.05, 4.69) is 4.98 Å². The summed E-state index contributed by atoms with van der Waals surface area (Å²) in [6.45, 7) is 0. The van der Waals surface area contributed by atoms with Crippen molar-refractivity contribution < 1.29 is 12.8 Å². The maximum absolute atomic E-state index is 13.8. The monoisotopic (exact) mass is 352 g/mol. The van der Waals surface area contributed by atoms with Crippen LogP contribution in [0.1, 0.15) is 0 Å². The van der Waals surface area contributed by atoms with Crippen molar-refractivity contribution in [1.82, 2.24) is 8.96 Å². The van der Waals surface area contributed by atoms with E-state index in [1.807, 2.05) is 6.07 Å². The zero-order valence-corrected chi connectivity index (χ0v) is 13.8. The van der Waals surface area contributed by atoms with Gasteiger partial charge in [0.05, 0.1) is 10.4 Å². The average molecular weight is 352 g/mol. The zero-order valence-electron chi connectivity index (χ0n) is 13.0. The van der Waals surface area contributed by atoms with Gasteiger partial charge < -0.3 is 0 Å². The molecule has 0 saturated carbocycles. The maximum Gasteiger partial charge on any atom is 0.268 e. The zero-order chi connectivity index (χ0) is 17.4. The van der Waals surface area contributed by atoms with Crippen LogP contribution in [0.4, 0.5) is 4.39 Å². The van der Waals surface area contributed by atoms with Crippen molar-refractivity contribution in [3.05, 3.63) is 85.1 Å². The van der Waals surface area contributed by atoms with Gasteiger partial charge in [-0.25, -0.2) is 16.8 Å². The van der Waals surface area contributed by atoms with E-state index in [4.69, 9.17) is 0 Å². The molecule has 0 fully saturated rings. The Morgan fingerprint density at radius 3 is 2.48 bits per heavy atom. The van der Waals surface area contributed by atoms with Crippen LogP contribution in [-0.4, -0.2) is 17.4 Å². The van der Waals surface area contributed by atoms with Crippen LogP contribution in [0.15, 0.2) is 84.1 Å². The van der Waals surface area contributed by atoms with E-state index in [9.17, 15) is 12.8 Å². The first kappa shape index (κ1) is 15.5. The van der Waals surface area contributed by atoms with Crippen LogP contribution in [0.5, 0.6) is 0 Å². The molecule has 0 N–H and O–H groups in total. The van der Waals surface area contributed by atoms with E-state index in [1.54, 1.807) is 42.7 Å². The molecule has 124 valence electrons. The van der Waals surface area contributed by atoms with Crippen LogP contribution in [0.25, 0.3) is 22.0 Å². The summed E-state index contributed by atoms with van der Waals surface area (Å²) >= 11 is 0. The van der Waals surface area contributed by atoms with Gasteiger partial charge in [0, 0.05) is 35.1 Å². The lowest BCUT2D eigenvalue weighted by Crippen LogP contribution is -2.11. The van der Waals surface area contributed by atoms with E-state index >= 15 is 0 Å². The van der Waals surface area contributed by atoms with Gasteiger partial charge in [0.25, 0.3) is 10.0 Å². The highest BCUT2D eigenvalue weighted by atomic mass is 32.2. The molecule has 4 nitrogen and oxygen atoms in total. The molecule has 2 aromatic heterocycles. The number of benzene rings is 2. The fourth-order valence-corrected chi connectivity index (χ4v) is 4.21. The summed E-state index contributed by atoms with van der Waals surface area (Å²) in [4.78, 5) is 4.23. The molecule has 0 bridgehead atoms. The standard InChI is InChI=1S/C19H13FN2O2S/c20-15-8-9-17-18(14-5-4-10-21-12-14)13-22(19(17)11-15)25(23,24)16-6-2-1-3-7-16/h1-13H. The number of rotatable bonds is 3. The molecule has 0 aliphatic rings. The number of aromatic nitrogens is 2. The summed E-state index contributed by atoms with van der Waals surface area (Å²) < 4.78 is 41.0. The largest absolute Gasteiger partial charge is 0.268 e. The molecule has 0 spiro atoms. The van der Waals surface area contributed by atoms with E-state index < -0.39 is 15.8 Å². The topological polar surface area (TPSA) is 52.0 Å². The number of pyridine rings is 1. The van der Waals surface area contributed by atoms with Crippen LogP contribution >= 0.6 is 0 Å². The van der Waals surface area contributed by atoms with Crippen molar-refractivity contribution >= 4 is 20.9 Å². The smallest absolute Gasteiger partial charge is 0.264 e. The number of halogens is 1. The van der Waals surface area contributed by atoms with E-state index in [-0.39, 0.29) is 4.90 Å². The average Bonchev–Trinajstić information content (AvgIpc) is 3.02. The van der Waals surface area contributed by atoms with E-state index in [0.29, 0.717) is 16.5 Å². The van der Waals surface area contributed by atoms with E-state index in [1.165, 1.54) is 30.5 Å². The Balaban J connectivity index is 2.04. The fourth-order valence-electron chi connectivity index (χ4n) is 2.83. The number of fused-ring (bicyclic) bond motifs is 1. The molecule has 0 amide bonds. The minimum absolute atomic E-state index is 0.147. The SMILES string of the molecule is O=S(=O)(c1ccccc1)n1cc(-c2cccnc2)c2ccc(F)cc21. The molecular formula is C19H13FN2O2S. The maximum atomic E-state index is 13.8. The molecule has 0 saturated heterocycles. The van der Waals surface area contributed by atoms with Gasteiger partial charge in [-0.3, -0.25) is 4.98 Å². The highest BCUT2D eigenvalue weighted by Crippen LogP contribution is 2.33. The molecule has 0 unspecified atom stereocenters. The first-order valence-corrected chi connectivity index (χ1v) is 9.03. The van der Waals surface area contributed by atoms with Gasteiger partial charge in [-0.1, -0.05) is 24.3 Å². The molecular weight excluding hydrogens is 339 g/mol. The Hall–Kier alpha value is -2.99. The first-order valence-electron chi connectivity index (χ1n) is 7.59. The molecule has 2 aromatic carbocycles. The predicted molar refractivity (Wildman–Crippen MR) is 94.2 cm³/mol. The minimum atomic E-state index is -3.84. The Morgan fingerprint density at radius 2 is 1.76 bits per heavy atom. The predicted octanol–water partition coefficient (Wildman–Crippen LogP) is 4.08. The van der Waals surface area contributed by atoms with Crippen molar-refractivity contribution in [3.63, 3.8) is 0 Å². The lowest BCUT2D eigenvalue weighted by molar-refractivity contribution is 0.589. The number of hydrogen-bond acceptors (Lipinski definition) is 3. The van der Waals surface area contributed by atoms with Gasteiger partial charge in [0.1, 0.15) is 5.82 Å². The second-order valence-electron chi connectivity index (χ2n) is 5.56. The Morgan fingerprint density at radius 1 is 0.960 bits per heavy atom. The van der Waals surface area contributed by atoms with Crippen molar-refractivity contribution in [2.24, 2.45) is 0 Å². The number of hydrogen-bond donors (Lipinski definition) is 0. The molecule has 2 heterocycles. The van der Waals surface area contributed by atoms with Gasteiger partial charge >= 0.3 is 0 Å². The van der Waals surface area contributed by atoms with Crippen molar-refractivity contribution in [2.45, 2.75) is 4.90 Å². The summed E-state index contributed by atoms with van der Waals surface area (Å²) in [7, 11) is -3.84. The normalized spacial score (nSPS) is 11.7. The molecule has 6 heteroatoms. The van der Waals surface area contributed by atoms with Gasteiger partial charge in [-0.05, 0) is 36.4 Å². The van der Waals surface area contributed by atoms with Gasteiger partial charge in [0.2, 0.25) is 0 Å². The Bertz CT molecular complexity index is 1150. The Kier molecular flexibility index (Phi) is 3.62. The van der Waals surface area contributed by atoms with Crippen LogP contribution in [0.3, 0.4) is 0 Å². The van der Waals surface area contributed by atoms with E-state index in [0.717, 1.165) is 9.54 Å². The van der Waals surface area contributed by atoms with Crippen LogP contribution < -0.4 is 0 Å². The molecule has 25 heavy (non-hydrogen) atoms. The second kappa shape index (κ2) is 5.82. The highest BCUT2D eigenvalue weighted by molar-refractivity contribution is 7.90. The van der Waals surface area contributed by atoms with Crippen molar-refractivity contribution in [3.8, 4) is 11.1 Å². The second-order valence-corrected chi connectivity index (χ2v) is 7.37. The molecule has 4 rings (SSSR count). The molecule has 0 radical (unpaired) electrons. The third-order valence-electron chi connectivity index (χ3n) is 4.01. The molecule has 0 aliphatic heterocycles. The van der Waals surface area contributed by atoms with Crippen LogP contribution in [0, 0.1) is 5.82 Å². The van der Waals surface area contributed by atoms with Crippen molar-refractivity contribution in [2.75, 3.05) is 0 Å². The lowest BCUT2D eigenvalue weighted by atomic mass is 10.1. The summed E-state index contributed by atoms with van der Waals surface area (Å²) in [6.07, 6.45) is 4.81. The third-order valence-corrected chi connectivity index (χ3v) is 5.69. The Labute approximate surface area is 144 Å². The summed E-state index contributed by atoms with van der Waals surface area (Å²) in [5, 5.41) is 0.647. The molecule has 4 aromatic rings. The highest BCUT2D eigenvalue weighted by Gasteiger charge is 2.22. The van der Waals surface area contributed by atoms with Gasteiger partial charge in [-0.2, -0.15) is 0 Å². The summed E-state index contributed by atoms with van der Waals surface area (Å²) in [5.41, 5.74) is 1.74. The quantitative estimate of drug-likeness (QED) is 0.558. The van der Waals surface area contributed by atoms with Gasteiger partial charge in [0.15, 0.2) is 0 Å².